The number of halogens is 3. The van der Waals surface area contributed by atoms with Crippen molar-refractivity contribution < 1.29 is 4.39 Å². The summed E-state index contributed by atoms with van der Waals surface area (Å²) in [6.45, 7) is 2.17. The van der Waals surface area contributed by atoms with Crippen LogP contribution in [0.3, 0.4) is 0 Å². The normalized spacial score (nSPS) is 12.4. The molecule has 0 bridgehead atoms. The van der Waals surface area contributed by atoms with Crippen LogP contribution in [0, 0.1) is 5.82 Å². The summed E-state index contributed by atoms with van der Waals surface area (Å²) in [5.74, 6) is -0.217. The van der Waals surface area contributed by atoms with Gasteiger partial charge in [-0.3, -0.25) is 0 Å². The Morgan fingerprint density at radius 3 is 2.42 bits per heavy atom. The molecule has 1 unspecified atom stereocenters. The van der Waals surface area contributed by atoms with Gasteiger partial charge in [0.2, 0.25) is 0 Å². The summed E-state index contributed by atoms with van der Waals surface area (Å²) in [6.07, 6.45) is 2.24. The Morgan fingerprint density at radius 1 is 1.11 bits per heavy atom. The number of aryl methyl sites for hydroxylation is 1. The minimum Gasteiger partial charge on any atom is -0.207 e. The standard InChI is InChI=1S/C16H15Br2F/c1-2-3-11-4-6-12(7-5-11)16(18)14-10-13(19)8-9-15(14)17/h4-10,16H,2-3H2,1H3. The van der Waals surface area contributed by atoms with E-state index in [2.05, 4.69) is 63.0 Å². The third kappa shape index (κ3) is 3.67. The average Bonchev–Trinajstić information content (AvgIpc) is 2.42. The first-order valence-corrected chi connectivity index (χ1v) is 8.00. The SMILES string of the molecule is CCCc1ccc(C(Br)c2cc(F)ccc2Br)cc1. The van der Waals surface area contributed by atoms with E-state index in [-0.39, 0.29) is 10.6 Å². The van der Waals surface area contributed by atoms with Crippen molar-refractivity contribution in [2.24, 2.45) is 0 Å². The Morgan fingerprint density at radius 2 is 1.79 bits per heavy atom. The number of hydrogen-bond acceptors (Lipinski definition) is 0. The number of rotatable bonds is 4. The van der Waals surface area contributed by atoms with Gasteiger partial charge in [0, 0.05) is 4.47 Å². The van der Waals surface area contributed by atoms with Crippen LogP contribution in [0.15, 0.2) is 46.9 Å². The lowest BCUT2D eigenvalue weighted by Gasteiger charge is -2.13. The third-order valence-corrected chi connectivity index (χ3v) is 4.79. The molecule has 0 aliphatic rings. The van der Waals surface area contributed by atoms with E-state index in [0.717, 1.165) is 28.4 Å². The number of benzene rings is 2. The minimum atomic E-state index is -0.217. The molecule has 2 aromatic carbocycles. The molecule has 100 valence electrons. The van der Waals surface area contributed by atoms with Crippen LogP contribution in [-0.2, 0) is 6.42 Å². The first kappa shape index (κ1) is 14.7. The Hall–Kier alpha value is -0.670. The van der Waals surface area contributed by atoms with Gasteiger partial charge in [-0.2, -0.15) is 0 Å². The first-order chi connectivity index (χ1) is 9.11. The van der Waals surface area contributed by atoms with E-state index in [9.17, 15) is 4.39 Å². The maximum Gasteiger partial charge on any atom is 0.123 e. The highest BCUT2D eigenvalue weighted by molar-refractivity contribution is 9.11. The van der Waals surface area contributed by atoms with E-state index >= 15 is 0 Å². The molecular weight excluding hydrogens is 371 g/mol. The van der Waals surface area contributed by atoms with E-state index in [1.807, 2.05) is 0 Å². The molecule has 0 amide bonds. The summed E-state index contributed by atoms with van der Waals surface area (Å²) in [7, 11) is 0. The quantitative estimate of drug-likeness (QED) is 0.564. The van der Waals surface area contributed by atoms with E-state index in [4.69, 9.17) is 0 Å². The van der Waals surface area contributed by atoms with Crippen molar-refractivity contribution >= 4 is 31.9 Å². The zero-order valence-electron chi connectivity index (χ0n) is 10.7. The molecular formula is C16H15Br2F. The second-order valence-electron chi connectivity index (χ2n) is 4.52. The monoisotopic (exact) mass is 384 g/mol. The molecule has 1 atom stereocenters. The van der Waals surface area contributed by atoms with Gasteiger partial charge in [0.1, 0.15) is 5.82 Å². The summed E-state index contributed by atoms with van der Waals surface area (Å²) < 4.78 is 14.3. The zero-order chi connectivity index (χ0) is 13.8. The minimum absolute atomic E-state index is 0.00625. The van der Waals surface area contributed by atoms with Crippen molar-refractivity contribution in [2.45, 2.75) is 24.6 Å². The zero-order valence-corrected chi connectivity index (χ0v) is 13.8. The third-order valence-electron chi connectivity index (χ3n) is 3.04. The van der Waals surface area contributed by atoms with Crippen LogP contribution < -0.4 is 0 Å². The molecule has 0 nitrogen and oxygen atoms in total. The molecule has 0 heterocycles. The highest BCUT2D eigenvalue weighted by atomic mass is 79.9. The number of hydrogen-bond donors (Lipinski definition) is 0. The summed E-state index contributed by atoms with van der Waals surface area (Å²) in [4.78, 5) is -0.00625. The molecule has 0 aliphatic heterocycles. The van der Waals surface area contributed by atoms with Crippen LogP contribution in [0.1, 0.15) is 34.9 Å². The molecule has 0 aliphatic carbocycles. The van der Waals surface area contributed by atoms with E-state index < -0.39 is 0 Å². The van der Waals surface area contributed by atoms with Crippen LogP contribution in [0.5, 0.6) is 0 Å². The molecule has 0 saturated carbocycles. The van der Waals surface area contributed by atoms with Crippen molar-refractivity contribution in [3.8, 4) is 0 Å². The van der Waals surface area contributed by atoms with Crippen molar-refractivity contribution in [3.63, 3.8) is 0 Å². The fraction of sp³-hybridized carbons (Fsp3) is 0.250. The summed E-state index contributed by atoms with van der Waals surface area (Å²) in [6, 6.07) is 13.2. The van der Waals surface area contributed by atoms with Gasteiger partial charge < -0.3 is 0 Å². The van der Waals surface area contributed by atoms with Gasteiger partial charge in [-0.25, -0.2) is 4.39 Å². The molecule has 0 fully saturated rings. The molecule has 0 radical (unpaired) electrons. The Bertz CT molecular complexity index is 549. The van der Waals surface area contributed by atoms with E-state index in [1.54, 1.807) is 12.1 Å². The fourth-order valence-corrected chi connectivity index (χ4v) is 3.50. The lowest BCUT2D eigenvalue weighted by Crippen LogP contribution is -1.96. The molecule has 0 aromatic heterocycles. The van der Waals surface area contributed by atoms with Gasteiger partial charge in [0.15, 0.2) is 0 Å². The van der Waals surface area contributed by atoms with E-state index in [0.29, 0.717) is 0 Å². The molecule has 2 aromatic rings. The molecule has 0 saturated heterocycles. The van der Waals surface area contributed by atoms with Crippen molar-refractivity contribution in [3.05, 3.63) is 69.4 Å². The molecule has 0 spiro atoms. The summed E-state index contributed by atoms with van der Waals surface area (Å²) >= 11 is 7.12. The Balaban J connectivity index is 2.27. The maximum atomic E-state index is 13.3. The van der Waals surface area contributed by atoms with Crippen molar-refractivity contribution in [2.75, 3.05) is 0 Å². The van der Waals surface area contributed by atoms with Gasteiger partial charge in [-0.1, -0.05) is 69.5 Å². The van der Waals surface area contributed by atoms with Crippen LogP contribution in [0.4, 0.5) is 4.39 Å². The maximum absolute atomic E-state index is 13.3. The summed E-state index contributed by atoms with van der Waals surface area (Å²) in [5.41, 5.74) is 3.37. The lowest BCUT2D eigenvalue weighted by molar-refractivity contribution is 0.625. The highest BCUT2D eigenvalue weighted by Gasteiger charge is 2.14. The second-order valence-corrected chi connectivity index (χ2v) is 6.29. The molecule has 3 heteroatoms. The van der Waals surface area contributed by atoms with Gasteiger partial charge in [-0.15, -0.1) is 0 Å². The van der Waals surface area contributed by atoms with Crippen LogP contribution in [-0.4, -0.2) is 0 Å². The van der Waals surface area contributed by atoms with Gasteiger partial charge >= 0.3 is 0 Å². The largest absolute Gasteiger partial charge is 0.207 e. The van der Waals surface area contributed by atoms with Gasteiger partial charge in [-0.05, 0) is 41.3 Å². The summed E-state index contributed by atoms with van der Waals surface area (Å²) in [5, 5.41) is 0. The Labute approximate surface area is 130 Å². The highest BCUT2D eigenvalue weighted by Crippen LogP contribution is 2.35. The lowest BCUT2D eigenvalue weighted by atomic mass is 10.0. The van der Waals surface area contributed by atoms with E-state index in [1.165, 1.54) is 11.6 Å². The van der Waals surface area contributed by atoms with Gasteiger partial charge in [0.25, 0.3) is 0 Å². The fourth-order valence-electron chi connectivity index (χ4n) is 2.03. The topological polar surface area (TPSA) is 0 Å². The predicted molar refractivity (Wildman–Crippen MR) is 85.3 cm³/mol. The smallest absolute Gasteiger partial charge is 0.123 e. The van der Waals surface area contributed by atoms with Crippen LogP contribution in [0.2, 0.25) is 0 Å². The Kier molecular flexibility index (Phi) is 5.17. The predicted octanol–water partition coefficient (Wildman–Crippen LogP) is 6.03. The second kappa shape index (κ2) is 6.67. The first-order valence-electron chi connectivity index (χ1n) is 6.29. The molecule has 0 N–H and O–H groups in total. The van der Waals surface area contributed by atoms with Crippen LogP contribution >= 0.6 is 31.9 Å². The van der Waals surface area contributed by atoms with Gasteiger partial charge in [0.05, 0.1) is 4.83 Å². The van der Waals surface area contributed by atoms with Crippen molar-refractivity contribution in [1.82, 2.24) is 0 Å². The number of alkyl halides is 1. The van der Waals surface area contributed by atoms with Crippen LogP contribution in [0.25, 0.3) is 0 Å². The van der Waals surface area contributed by atoms with Crippen molar-refractivity contribution in [1.29, 1.82) is 0 Å². The molecule has 19 heavy (non-hydrogen) atoms. The molecule has 2 rings (SSSR count). The average molecular weight is 386 g/mol.